The van der Waals surface area contributed by atoms with Gasteiger partial charge in [0.05, 0.1) is 19.9 Å². The molecule has 0 atom stereocenters. The number of ether oxygens (including phenoxy) is 1. The molecule has 1 aromatic carbocycles. The lowest BCUT2D eigenvalue weighted by molar-refractivity contribution is -0.130. The van der Waals surface area contributed by atoms with Gasteiger partial charge in [-0.15, -0.1) is 0 Å². The minimum absolute atomic E-state index is 0.0702. The molecule has 134 valence electrons. The zero-order chi connectivity index (χ0) is 18.1. The summed E-state index contributed by atoms with van der Waals surface area (Å²) in [6.45, 7) is 2.79. The van der Waals surface area contributed by atoms with E-state index in [1.54, 1.807) is 24.3 Å². The monoisotopic (exact) mass is 344 g/mol. The largest absolute Gasteiger partial charge is 0.497 e. The Hall–Kier alpha value is -2.76. The Kier molecular flexibility index (Phi) is 7.07. The lowest BCUT2D eigenvalue weighted by Gasteiger charge is -2.19. The van der Waals surface area contributed by atoms with E-state index in [0.29, 0.717) is 25.4 Å². The van der Waals surface area contributed by atoms with Crippen molar-refractivity contribution >= 4 is 11.8 Å². The number of carbonyl (C=O) groups excluding carboxylic acids is 2. The first-order chi connectivity index (χ1) is 12.1. The van der Waals surface area contributed by atoms with Gasteiger partial charge in [-0.2, -0.15) is 0 Å². The van der Waals surface area contributed by atoms with Crippen LogP contribution < -0.4 is 10.1 Å². The topological polar surface area (TPSA) is 71.8 Å². The number of methoxy groups -OCH3 is 1. The molecule has 0 unspecified atom stereocenters. The molecule has 2 aromatic rings. The first-order valence-electron chi connectivity index (χ1n) is 8.26. The van der Waals surface area contributed by atoms with E-state index < -0.39 is 0 Å². The summed E-state index contributed by atoms with van der Waals surface area (Å²) in [5, 5.41) is 2.88. The Bertz CT molecular complexity index is 665. The number of rotatable bonds is 9. The number of nitrogens with one attached hydrogen (secondary N) is 1. The van der Waals surface area contributed by atoms with E-state index in [2.05, 4.69) is 5.32 Å². The third-order valence-electron chi connectivity index (χ3n) is 3.88. The van der Waals surface area contributed by atoms with Gasteiger partial charge < -0.3 is 19.4 Å². The van der Waals surface area contributed by atoms with Gasteiger partial charge in [0, 0.05) is 26.4 Å². The lowest BCUT2D eigenvalue weighted by Crippen LogP contribution is -2.34. The van der Waals surface area contributed by atoms with Crippen LogP contribution in [0.25, 0.3) is 0 Å². The number of nitrogens with zero attached hydrogens (tertiary/aromatic N) is 1. The molecule has 0 aliphatic rings. The predicted octanol–water partition coefficient (Wildman–Crippen LogP) is 2.39. The van der Waals surface area contributed by atoms with Crippen molar-refractivity contribution in [1.82, 2.24) is 10.2 Å². The van der Waals surface area contributed by atoms with Crippen molar-refractivity contribution in [2.45, 2.75) is 26.3 Å². The average Bonchev–Trinajstić information content (AvgIpc) is 3.12. The molecule has 0 bridgehead atoms. The van der Waals surface area contributed by atoms with Crippen molar-refractivity contribution in [2.75, 3.05) is 20.2 Å². The fourth-order valence-corrected chi connectivity index (χ4v) is 2.40. The molecular formula is C19H24N2O4. The van der Waals surface area contributed by atoms with Gasteiger partial charge in [0.15, 0.2) is 0 Å². The van der Waals surface area contributed by atoms with E-state index in [-0.39, 0.29) is 18.2 Å². The Morgan fingerprint density at radius 2 is 1.96 bits per heavy atom. The van der Waals surface area contributed by atoms with Gasteiger partial charge in [0.25, 0.3) is 0 Å². The van der Waals surface area contributed by atoms with Crippen molar-refractivity contribution in [3.8, 4) is 5.75 Å². The summed E-state index contributed by atoms with van der Waals surface area (Å²) in [6, 6.07) is 11.3. The van der Waals surface area contributed by atoms with Crippen LogP contribution >= 0.6 is 0 Å². The maximum Gasteiger partial charge on any atom is 0.221 e. The van der Waals surface area contributed by atoms with Crippen molar-refractivity contribution in [3.05, 3.63) is 54.0 Å². The smallest absolute Gasteiger partial charge is 0.221 e. The number of hydrogen-bond donors (Lipinski definition) is 1. The molecule has 0 spiro atoms. The Morgan fingerprint density at radius 3 is 2.56 bits per heavy atom. The molecule has 6 heteroatoms. The molecule has 1 heterocycles. The lowest BCUT2D eigenvalue weighted by atomic mass is 10.1. The third kappa shape index (κ3) is 6.33. The number of carbonyl (C=O) groups is 2. The highest BCUT2D eigenvalue weighted by molar-refractivity contribution is 5.78. The standard InChI is InChI=1S/C19H24N2O4/c1-15(22)21(14-18-4-3-13-25-18)12-10-19(23)20-11-9-16-5-7-17(24-2)8-6-16/h3-8,13H,9-12,14H2,1-2H3,(H,20,23). The van der Waals surface area contributed by atoms with Gasteiger partial charge >= 0.3 is 0 Å². The Morgan fingerprint density at radius 1 is 1.20 bits per heavy atom. The zero-order valence-electron chi connectivity index (χ0n) is 14.7. The van der Waals surface area contributed by atoms with Crippen LogP contribution in [0, 0.1) is 0 Å². The van der Waals surface area contributed by atoms with Gasteiger partial charge in [-0.1, -0.05) is 12.1 Å². The van der Waals surface area contributed by atoms with Crippen molar-refractivity contribution < 1.29 is 18.7 Å². The van der Waals surface area contributed by atoms with Crippen LogP contribution in [0.2, 0.25) is 0 Å². The summed E-state index contributed by atoms with van der Waals surface area (Å²) in [6.07, 6.45) is 2.58. The fraction of sp³-hybridized carbons (Fsp3) is 0.368. The van der Waals surface area contributed by atoms with Crippen LogP contribution in [-0.2, 0) is 22.6 Å². The second-order valence-electron chi connectivity index (χ2n) is 5.72. The molecule has 0 fully saturated rings. The highest BCUT2D eigenvalue weighted by Crippen LogP contribution is 2.11. The first kappa shape index (κ1) is 18.6. The molecular weight excluding hydrogens is 320 g/mol. The maximum atomic E-state index is 12.0. The first-order valence-corrected chi connectivity index (χ1v) is 8.26. The van der Waals surface area contributed by atoms with Crippen molar-refractivity contribution in [1.29, 1.82) is 0 Å². The maximum absolute atomic E-state index is 12.0. The molecule has 25 heavy (non-hydrogen) atoms. The SMILES string of the molecule is COc1ccc(CCNC(=O)CCN(Cc2ccco2)C(C)=O)cc1. The number of benzene rings is 1. The van der Waals surface area contributed by atoms with Crippen LogP contribution in [0.3, 0.4) is 0 Å². The number of hydrogen-bond acceptors (Lipinski definition) is 4. The van der Waals surface area contributed by atoms with Gasteiger partial charge in [-0.3, -0.25) is 9.59 Å². The minimum atomic E-state index is -0.0811. The number of furan rings is 1. The molecule has 2 rings (SSSR count). The Balaban J connectivity index is 1.70. The number of amides is 2. The minimum Gasteiger partial charge on any atom is -0.497 e. The van der Waals surface area contributed by atoms with E-state index in [4.69, 9.17) is 9.15 Å². The fourth-order valence-electron chi connectivity index (χ4n) is 2.40. The molecule has 0 saturated carbocycles. The van der Waals surface area contributed by atoms with Crippen LogP contribution in [-0.4, -0.2) is 36.9 Å². The molecule has 0 aliphatic carbocycles. The molecule has 0 radical (unpaired) electrons. The van der Waals surface area contributed by atoms with Gasteiger partial charge in [-0.25, -0.2) is 0 Å². The Labute approximate surface area is 147 Å². The highest BCUT2D eigenvalue weighted by atomic mass is 16.5. The molecule has 0 aliphatic heterocycles. The molecule has 1 N–H and O–H groups in total. The van der Waals surface area contributed by atoms with Crippen LogP contribution in [0.15, 0.2) is 47.1 Å². The van der Waals surface area contributed by atoms with Crippen molar-refractivity contribution in [3.63, 3.8) is 0 Å². The van der Waals surface area contributed by atoms with E-state index in [9.17, 15) is 9.59 Å². The molecule has 6 nitrogen and oxygen atoms in total. The second kappa shape index (κ2) is 9.52. The molecule has 2 amide bonds. The second-order valence-corrected chi connectivity index (χ2v) is 5.72. The van der Waals surface area contributed by atoms with Crippen molar-refractivity contribution in [2.24, 2.45) is 0 Å². The van der Waals surface area contributed by atoms with E-state index in [1.165, 1.54) is 6.92 Å². The normalized spacial score (nSPS) is 10.3. The summed E-state index contributed by atoms with van der Waals surface area (Å²) in [4.78, 5) is 25.2. The van der Waals surface area contributed by atoms with E-state index >= 15 is 0 Å². The van der Waals surface area contributed by atoms with Crippen LogP contribution in [0.5, 0.6) is 5.75 Å². The molecule has 0 saturated heterocycles. The third-order valence-corrected chi connectivity index (χ3v) is 3.88. The van der Waals surface area contributed by atoms with Gasteiger partial charge in [0.2, 0.25) is 11.8 Å². The summed E-state index contributed by atoms with van der Waals surface area (Å²) in [7, 11) is 1.63. The van der Waals surface area contributed by atoms with Gasteiger partial charge in [-0.05, 0) is 36.2 Å². The van der Waals surface area contributed by atoms with E-state index in [0.717, 1.165) is 17.7 Å². The summed E-state index contributed by atoms with van der Waals surface area (Å²) >= 11 is 0. The average molecular weight is 344 g/mol. The van der Waals surface area contributed by atoms with Crippen LogP contribution in [0.4, 0.5) is 0 Å². The molecule has 1 aromatic heterocycles. The van der Waals surface area contributed by atoms with E-state index in [1.807, 2.05) is 30.3 Å². The predicted molar refractivity (Wildman–Crippen MR) is 94.1 cm³/mol. The highest BCUT2D eigenvalue weighted by Gasteiger charge is 2.13. The van der Waals surface area contributed by atoms with Crippen LogP contribution in [0.1, 0.15) is 24.7 Å². The summed E-state index contributed by atoms with van der Waals surface area (Å²) in [5.41, 5.74) is 1.13. The zero-order valence-corrected chi connectivity index (χ0v) is 14.7. The summed E-state index contributed by atoms with van der Waals surface area (Å²) in [5.74, 6) is 1.37. The quantitative estimate of drug-likeness (QED) is 0.758. The van der Waals surface area contributed by atoms with Gasteiger partial charge in [0.1, 0.15) is 11.5 Å². The summed E-state index contributed by atoms with van der Waals surface area (Å²) < 4.78 is 10.4.